The summed E-state index contributed by atoms with van der Waals surface area (Å²) in [5, 5.41) is 28.0. The Morgan fingerprint density at radius 1 is 1.27 bits per heavy atom. The topological polar surface area (TPSA) is 101 Å². The second-order valence-electron chi connectivity index (χ2n) is 2.68. The van der Waals surface area contributed by atoms with Gasteiger partial charge in [-0.25, -0.2) is 0 Å². The van der Waals surface area contributed by atoms with Gasteiger partial charge >= 0.3 is 0 Å². The van der Waals surface area contributed by atoms with Crippen LogP contribution in [-0.4, -0.2) is 21.4 Å². The standard InChI is InChI=1S/C9H7NO5/c11-3-6-1-7(4-12)8(5-13)9(2-6)10(14)15/h1-5,11,13H. The molecule has 6 heteroatoms. The number of carbonyl (C=O) groups excluding carboxylic acids is 1. The molecule has 0 aromatic heterocycles. The van der Waals surface area contributed by atoms with Crippen molar-refractivity contribution < 1.29 is 19.9 Å². The van der Waals surface area contributed by atoms with Gasteiger partial charge in [0.05, 0.1) is 22.7 Å². The highest BCUT2D eigenvalue weighted by molar-refractivity contribution is 5.77. The molecule has 0 bridgehead atoms. The summed E-state index contributed by atoms with van der Waals surface area (Å²) < 4.78 is 0. The average Bonchev–Trinajstić information content (AvgIpc) is 2.26. The first-order valence-electron chi connectivity index (χ1n) is 3.86. The van der Waals surface area contributed by atoms with Crippen molar-refractivity contribution in [3.8, 4) is 0 Å². The van der Waals surface area contributed by atoms with Crippen LogP contribution in [0.5, 0.6) is 0 Å². The molecule has 1 rings (SSSR count). The summed E-state index contributed by atoms with van der Waals surface area (Å²) in [4.78, 5) is 20.4. The van der Waals surface area contributed by atoms with Gasteiger partial charge in [-0.1, -0.05) is 0 Å². The number of rotatable bonds is 2. The van der Waals surface area contributed by atoms with Crippen LogP contribution in [-0.2, 0) is 0 Å². The highest BCUT2D eigenvalue weighted by Gasteiger charge is 2.11. The lowest BCUT2D eigenvalue weighted by Crippen LogP contribution is -2.19. The number of hydrogen-bond acceptors (Lipinski definition) is 5. The molecule has 0 amide bonds. The second kappa shape index (κ2) is 4.23. The number of aldehydes is 1. The summed E-state index contributed by atoms with van der Waals surface area (Å²) >= 11 is 0. The van der Waals surface area contributed by atoms with Crippen LogP contribution < -0.4 is 10.4 Å². The Morgan fingerprint density at radius 3 is 2.33 bits per heavy atom. The predicted molar refractivity (Wildman–Crippen MR) is 51.9 cm³/mol. The number of benzene rings is 1. The third-order valence-corrected chi connectivity index (χ3v) is 1.81. The Balaban J connectivity index is 3.78. The fraction of sp³-hybridized carbons (Fsp3) is 0. The van der Waals surface area contributed by atoms with E-state index in [4.69, 9.17) is 10.2 Å². The molecule has 0 unspecified atom stereocenters. The Hall–Kier alpha value is -2.37. The summed E-state index contributed by atoms with van der Waals surface area (Å²) in [7, 11) is 0. The molecule has 15 heavy (non-hydrogen) atoms. The van der Waals surface area contributed by atoms with Gasteiger partial charge in [0, 0.05) is 16.8 Å². The highest BCUT2D eigenvalue weighted by atomic mass is 16.6. The number of aliphatic hydroxyl groups excluding tert-OH is 2. The van der Waals surface area contributed by atoms with E-state index in [1.807, 2.05) is 0 Å². The van der Waals surface area contributed by atoms with Gasteiger partial charge in [-0.2, -0.15) is 0 Å². The van der Waals surface area contributed by atoms with Crippen molar-refractivity contribution >= 4 is 24.5 Å². The van der Waals surface area contributed by atoms with E-state index >= 15 is 0 Å². The quantitative estimate of drug-likeness (QED) is 0.405. The number of aliphatic hydroxyl groups is 2. The maximum atomic E-state index is 10.6. The normalized spacial score (nSPS) is 12.8. The zero-order chi connectivity index (χ0) is 11.4. The minimum atomic E-state index is -0.748. The molecule has 78 valence electrons. The van der Waals surface area contributed by atoms with Crippen molar-refractivity contribution in [2.45, 2.75) is 0 Å². The van der Waals surface area contributed by atoms with E-state index in [0.717, 1.165) is 6.07 Å². The van der Waals surface area contributed by atoms with E-state index in [2.05, 4.69) is 0 Å². The van der Waals surface area contributed by atoms with E-state index in [0.29, 0.717) is 18.8 Å². The van der Waals surface area contributed by atoms with Crippen LogP contribution in [0.3, 0.4) is 0 Å². The van der Waals surface area contributed by atoms with Crippen molar-refractivity contribution in [1.29, 1.82) is 0 Å². The SMILES string of the molecule is O=Cc1cc(=CO)cc([N+](=O)[O-])c1=CO. The Kier molecular flexibility index (Phi) is 3.02. The molecular weight excluding hydrogens is 202 g/mol. The molecule has 0 aliphatic carbocycles. The number of non-ortho nitro benzene ring substituents is 1. The van der Waals surface area contributed by atoms with Crippen molar-refractivity contribution in [2.24, 2.45) is 0 Å². The molecule has 6 nitrogen and oxygen atoms in total. The van der Waals surface area contributed by atoms with Gasteiger partial charge in [0.2, 0.25) is 0 Å². The molecule has 0 saturated carbocycles. The van der Waals surface area contributed by atoms with E-state index in [1.165, 1.54) is 6.07 Å². The molecule has 1 aromatic rings. The van der Waals surface area contributed by atoms with Crippen molar-refractivity contribution in [3.05, 3.63) is 38.2 Å². The Labute approximate surface area is 83.5 Å². The number of nitrogens with zero attached hydrogens (tertiary/aromatic N) is 1. The van der Waals surface area contributed by atoms with E-state index in [1.54, 1.807) is 0 Å². The van der Waals surface area contributed by atoms with E-state index in [-0.39, 0.29) is 16.0 Å². The minimum absolute atomic E-state index is 0.0630. The molecule has 1 aromatic carbocycles. The van der Waals surface area contributed by atoms with Crippen LogP contribution in [0.4, 0.5) is 5.69 Å². The monoisotopic (exact) mass is 209 g/mol. The molecule has 0 aliphatic heterocycles. The van der Waals surface area contributed by atoms with Crippen LogP contribution in [0.25, 0.3) is 12.5 Å². The van der Waals surface area contributed by atoms with Crippen LogP contribution >= 0.6 is 0 Å². The first-order chi connectivity index (χ1) is 7.13. The van der Waals surface area contributed by atoms with Crippen LogP contribution in [0, 0.1) is 10.1 Å². The summed E-state index contributed by atoms with van der Waals surface area (Å²) in [6.45, 7) is 0. The van der Waals surface area contributed by atoms with Crippen LogP contribution in [0.2, 0.25) is 0 Å². The zero-order valence-electron chi connectivity index (χ0n) is 7.45. The molecule has 0 atom stereocenters. The smallest absolute Gasteiger partial charge is 0.281 e. The lowest BCUT2D eigenvalue weighted by atomic mass is 10.1. The third kappa shape index (κ3) is 1.93. The zero-order valence-corrected chi connectivity index (χ0v) is 7.45. The number of nitro benzene ring substituents is 1. The molecule has 0 saturated heterocycles. The van der Waals surface area contributed by atoms with Crippen molar-refractivity contribution in [2.75, 3.05) is 0 Å². The van der Waals surface area contributed by atoms with E-state index in [9.17, 15) is 14.9 Å². The Morgan fingerprint density at radius 2 is 1.93 bits per heavy atom. The average molecular weight is 209 g/mol. The summed E-state index contributed by atoms with van der Waals surface area (Å²) in [5.74, 6) is 0. The number of nitro groups is 1. The molecular formula is C9H7NO5. The molecule has 2 N–H and O–H groups in total. The summed E-state index contributed by atoms with van der Waals surface area (Å²) in [5.41, 5.74) is -0.505. The predicted octanol–water partition coefficient (Wildman–Crippen LogP) is -0.000700. The summed E-state index contributed by atoms with van der Waals surface area (Å²) in [6.07, 6.45) is 1.49. The van der Waals surface area contributed by atoms with Crippen molar-refractivity contribution in [3.63, 3.8) is 0 Å². The van der Waals surface area contributed by atoms with Crippen LogP contribution in [0.1, 0.15) is 10.4 Å². The minimum Gasteiger partial charge on any atom is -0.515 e. The maximum Gasteiger partial charge on any atom is 0.281 e. The van der Waals surface area contributed by atoms with E-state index < -0.39 is 10.6 Å². The van der Waals surface area contributed by atoms with Crippen molar-refractivity contribution in [1.82, 2.24) is 0 Å². The first-order valence-corrected chi connectivity index (χ1v) is 3.86. The lowest BCUT2D eigenvalue weighted by Gasteiger charge is -1.95. The van der Waals surface area contributed by atoms with Gasteiger partial charge in [0.25, 0.3) is 5.69 Å². The summed E-state index contributed by atoms with van der Waals surface area (Å²) in [6, 6.07) is 2.27. The van der Waals surface area contributed by atoms with Gasteiger partial charge in [-0.15, -0.1) is 0 Å². The van der Waals surface area contributed by atoms with Crippen LogP contribution in [0.15, 0.2) is 12.1 Å². The highest BCUT2D eigenvalue weighted by Crippen LogP contribution is 2.01. The second-order valence-corrected chi connectivity index (χ2v) is 2.68. The third-order valence-electron chi connectivity index (χ3n) is 1.81. The van der Waals surface area contributed by atoms with Gasteiger partial charge in [-0.3, -0.25) is 14.9 Å². The number of hydrogen-bond donors (Lipinski definition) is 2. The number of carbonyl (C=O) groups is 1. The Bertz CT molecular complexity index is 520. The van der Waals surface area contributed by atoms with Gasteiger partial charge in [-0.05, 0) is 6.07 Å². The fourth-order valence-corrected chi connectivity index (χ4v) is 1.15. The molecule has 0 spiro atoms. The molecule has 0 aliphatic rings. The molecule has 0 radical (unpaired) electrons. The fourth-order valence-electron chi connectivity index (χ4n) is 1.15. The largest absolute Gasteiger partial charge is 0.515 e. The van der Waals surface area contributed by atoms with Gasteiger partial charge in [0.15, 0.2) is 6.29 Å². The van der Waals surface area contributed by atoms with Gasteiger partial charge < -0.3 is 10.2 Å². The lowest BCUT2D eigenvalue weighted by molar-refractivity contribution is -0.386. The maximum absolute atomic E-state index is 10.6. The first kappa shape index (κ1) is 10.7. The van der Waals surface area contributed by atoms with Gasteiger partial charge in [0.1, 0.15) is 0 Å². The molecule has 0 fully saturated rings. The molecule has 0 heterocycles.